The van der Waals surface area contributed by atoms with Crippen LogP contribution >= 0.6 is 0 Å². The number of nitrogens with zero attached hydrogens (tertiary/aromatic N) is 3. The maximum atomic E-state index is 13.5. The van der Waals surface area contributed by atoms with E-state index in [4.69, 9.17) is 0 Å². The van der Waals surface area contributed by atoms with Crippen molar-refractivity contribution in [1.29, 1.82) is 0 Å². The summed E-state index contributed by atoms with van der Waals surface area (Å²) in [7, 11) is 0. The first-order valence-electron chi connectivity index (χ1n) is 13.2. The summed E-state index contributed by atoms with van der Waals surface area (Å²) in [5, 5.41) is 0. The molecule has 2 fully saturated rings. The summed E-state index contributed by atoms with van der Waals surface area (Å²) >= 11 is 0. The molecule has 0 spiro atoms. The Labute approximate surface area is 233 Å². The molecule has 2 aliphatic heterocycles. The third-order valence-corrected chi connectivity index (χ3v) is 7.86. The molecular formula is C30H28F7N3O. The van der Waals surface area contributed by atoms with Crippen molar-refractivity contribution < 1.29 is 35.5 Å². The highest BCUT2D eigenvalue weighted by Gasteiger charge is 2.40. The Morgan fingerprint density at radius 1 is 0.756 bits per heavy atom. The minimum atomic E-state index is -4.61. The topological polar surface area (TPSA) is 26.8 Å². The number of carbonyl (C=O) groups is 1. The number of rotatable bonds is 5. The number of carbonyl (C=O) groups excluding carboxylic acids is 1. The molecule has 0 radical (unpaired) electrons. The van der Waals surface area contributed by atoms with Gasteiger partial charge in [0.1, 0.15) is 5.82 Å². The molecule has 2 heterocycles. The quantitative estimate of drug-likeness (QED) is 0.321. The Hall–Kier alpha value is -3.60. The maximum absolute atomic E-state index is 13.5. The van der Waals surface area contributed by atoms with Gasteiger partial charge in [-0.05, 0) is 60.0 Å². The summed E-state index contributed by atoms with van der Waals surface area (Å²) in [5.74, 6) is -1.57. The van der Waals surface area contributed by atoms with Gasteiger partial charge in [0, 0.05) is 63.0 Å². The van der Waals surface area contributed by atoms with E-state index in [0.29, 0.717) is 38.3 Å². The lowest BCUT2D eigenvalue weighted by Gasteiger charge is -2.38. The van der Waals surface area contributed by atoms with E-state index in [1.807, 2.05) is 0 Å². The second-order valence-corrected chi connectivity index (χ2v) is 10.5. The minimum absolute atomic E-state index is 0.0938. The van der Waals surface area contributed by atoms with Crippen molar-refractivity contribution in [3.05, 3.63) is 101 Å². The first kappa shape index (κ1) is 28.9. The summed E-state index contributed by atoms with van der Waals surface area (Å²) < 4.78 is 93.6. The van der Waals surface area contributed by atoms with Crippen LogP contribution in [0.25, 0.3) is 0 Å². The van der Waals surface area contributed by atoms with Gasteiger partial charge in [0.15, 0.2) is 0 Å². The smallest absolute Gasteiger partial charge is 0.369 e. The molecule has 41 heavy (non-hydrogen) atoms. The number of anilines is 1. The number of likely N-dealkylation sites (tertiary alicyclic amines) is 1. The van der Waals surface area contributed by atoms with E-state index in [-0.39, 0.29) is 30.4 Å². The van der Waals surface area contributed by atoms with Crippen LogP contribution in [0.4, 0.5) is 36.4 Å². The maximum Gasteiger partial charge on any atom is 0.416 e. The number of benzene rings is 3. The fourth-order valence-electron chi connectivity index (χ4n) is 5.73. The highest BCUT2D eigenvalue weighted by Crippen LogP contribution is 2.38. The van der Waals surface area contributed by atoms with Gasteiger partial charge in [0.05, 0.1) is 11.1 Å². The summed E-state index contributed by atoms with van der Waals surface area (Å²) in [5.41, 5.74) is -0.506. The van der Waals surface area contributed by atoms with Crippen LogP contribution in [0.15, 0.2) is 72.8 Å². The molecule has 0 aliphatic carbocycles. The van der Waals surface area contributed by atoms with E-state index in [1.54, 1.807) is 18.2 Å². The summed E-state index contributed by atoms with van der Waals surface area (Å²) in [6, 6.07) is 15.5. The number of amides is 1. The van der Waals surface area contributed by atoms with E-state index in [1.165, 1.54) is 35.2 Å². The van der Waals surface area contributed by atoms with Gasteiger partial charge in [0.25, 0.3) is 5.91 Å². The second kappa shape index (κ2) is 11.3. The normalized spacial score (nSPS) is 20.5. The molecule has 2 saturated heterocycles. The van der Waals surface area contributed by atoms with Crippen molar-refractivity contribution in [2.24, 2.45) is 5.92 Å². The van der Waals surface area contributed by atoms with Gasteiger partial charge in [-0.3, -0.25) is 9.69 Å². The third kappa shape index (κ3) is 6.66. The molecule has 0 aromatic heterocycles. The molecule has 0 N–H and O–H groups in total. The Bertz CT molecular complexity index is 1370. The molecule has 1 amide bonds. The molecule has 2 unspecified atom stereocenters. The van der Waals surface area contributed by atoms with Gasteiger partial charge in [0.2, 0.25) is 0 Å². The number of hydrogen-bond acceptors (Lipinski definition) is 3. The zero-order chi connectivity index (χ0) is 29.4. The molecular weight excluding hydrogens is 551 g/mol. The van der Waals surface area contributed by atoms with Crippen LogP contribution in [-0.4, -0.2) is 61.5 Å². The van der Waals surface area contributed by atoms with Crippen LogP contribution in [0, 0.1) is 11.7 Å². The summed E-state index contributed by atoms with van der Waals surface area (Å²) in [6.45, 7) is 3.45. The Kier molecular flexibility index (Phi) is 8.00. The zero-order valence-corrected chi connectivity index (χ0v) is 21.9. The Morgan fingerprint density at radius 3 is 2.00 bits per heavy atom. The summed E-state index contributed by atoms with van der Waals surface area (Å²) in [6.07, 6.45) is -9.14. The number of piperazine rings is 1. The molecule has 3 aromatic carbocycles. The van der Waals surface area contributed by atoms with Crippen molar-refractivity contribution in [1.82, 2.24) is 9.80 Å². The van der Waals surface area contributed by atoms with E-state index in [0.717, 1.165) is 30.0 Å². The van der Waals surface area contributed by atoms with Crippen LogP contribution in [0.3, 0.4) is 0 Å². The molecule has 2 atom stereocenters. The predicted molar refractivity (Wildman–Crippen MR) is 140 cm³/mol. The van der Waals surface area contributed by atoms with Crippen molar-refractivity contribution in [2.45, 2.75) is 18.3 Å². The zero-order valence-electron chi connectivity index (χ0n) is 21.9. The fourth-order valence-corrected chi connectivity index (χ4v) is 5.73. The van der Waals surface area contributed by atoms with Crippen LogP contribution in [0.2, 0.25) is 0 Å². The van der Waals surface area contributed by atoms with Gasteiger partial charge in [-0.15, -0.1) is 0 Å². The second-order valence-electron chi connectivity index (χ2n) is 10.5. The third-order valence-electron chi connectivity index (χ3n) is 7.86. The van der Waals surface area contributed by atoms with Crippen molar-refractivity contribution in [3.63, 3.8) is 0 Å². The lowest BCUT2D eigenvalue weighted by Crippen LogP contribution is -2.48. The molecule has 3 aromatic rings. The average molecular weight is 580 g/mol. The van der Waals surface area contributed by atoms with Gasteiger partial charge >= 0.3 is 12.4 Å². The van der Waals surface area contributed by atoms with E-state index in [9.17, 15) is 35.5 Å². The van der Waals surface area contributed by atoms with Gasteiger partial charge in [-0.1, -0.05) is 24.3 Å². The number of alkyl halides is 6. The molecule has 2 aliphatic rings. The van der Waals surface area contributed by atoms with Gasteiger partial charge < -0.3 is 9.80 Å². The van der Waals surface area contributed by atoms with Crippen molar-refractivity contribution >= 4 is 11.6 Å². The standard InChI is InChI=1S/C30H28F7N3O/c31-25-7-9-26(10-8-25)39-13-11-38(12-14-39)17-22-18-40(28(41)21-4-2-6-24(16-21)30(35,36)37)19-27(22)20-3-1-5-23(15-20)29(32,33)34/h1-10,15-16,22,27H,11-14,17-19H2. The molecule has 5 rings (SSSR count). The predicted octanol–water partition coefficient (Wildman–Crippen LogP) is 6.54. The lowest BCUT2D eigenvalue weighted by atomic mass is 9.87. The molecule has 11 heteroatoms. The summed E-state index contributed by atoms with van der Waals surface area (Å²) in [4.78, 5) is 19.1. The molecule has 218 valence electrons. The van der Waals surface area contributed by atoms with Crippen LogP contribution in [-0.2, 0) is 12.4 Å². The molecule has 0 saturated carbocycles. The lowest BCUT2D eigenvalue weighted by molar-refractivity contribution is -0.138. The van der Waals surface area contributed by atoms with Gasteiger partial charge in [-0.25, -0.2) is 4.39 Å². The number of halogens is 7. The average Bonchev–Trinajstić information content (AvgIpc) is 3.36. The Balaban J connectivity index is 1.35. The van der Waals surface area contributed by atoms with Gasteiger partial charge in [-0.2, -0.15) is 26.3 Å². The van der Waals surface area contributed by atoms with Crippen LogP contribution < -0.4 is 4.90 Å². The largest absolute Gasteiger partial charge is 0.416 e. The molecule has 0 bridgehead atoms. The Morgan fingerprint density at radius 2 is 1.37 bits per heavy atom. The minimum Gasteiger partial charge on any atom is -0.369 e. The van der Waals surface area contributed by atoms with E-state index >= 15 is 0 Å². The van der Waals surface area contributed by atoms with Crippen molar-refractivity contribution in [3.8, 4) is 0 Å². The van der Waals surface area contributed by atoms with E-state index in [2.05, 4.69) is 9.80 Å². The monoisotopic (exact) mass is 579 g/mol. The highest BCUT2D eigenvalue weighted by molar-refractivity contribution is 5.94. The number of hydrogen-bond donors (Lipinski definition) is 0. The van der Waals surface area contributed by atoms with Crippen molar-refractivity contribution in [2.75, 3.05) is 50.7 Å². The van der Waals surface area contributed by atoms with E-state index < -0.39 is 35.3 Å². The first-order chi connectivity index (χ1) is 19.4. The van der Waals surface area contributed by atoms with Crippen LogP contribution in [0.1, 0.15) is 33.0 Å². The fraction of sp³-hybridized carbons (Fsp3) is 0.367. The van der Waals surface area contributed by atoms with Crippen LogP contribution in [0.5, 0.6) is 0 Å². The highest BCUT2D eigenvalue weighted by atomic mass is 19.4. The molecule has 4 nitrogen and oxygen atoms in total. The SMILES string of the molecule is O=C(c1cccc(C(F)(F)F)c1)N1CC(CN2CCN(c3ccc(F)cc3)CC2)C(c2cccc(C(F)(F)F)c2)C1. The first-order valence-corrected chi connectivity index (χ1v) is 13.2.